The maximum atomic E-state index is 12.4. The average molecular weight is 355 g/mol. The van der Waals surface area contributed by atoms with Crippen molar-refractivity contribution in [3.8, 4) is 5.75 Å². The Morgan fingerprint density at radius 2 is 1.85 bits per heavy atom. The number of carbonyl (C=O) groups is 2. The summed E-state index contributed by atoms with van der Waals surface area (Å²) in [5, 5.41) is 2.70. The third-order valence-electron chi connectivity index (χ3n) is 3.64. The number of nitrogens with two attached hydrogens (primary N) is 1. The number of oxazole rings is 1. The third-order valence-corrected chi connectivity index (χ3v) is 3.64. The van der Waals surface area contributed by atoms with Crippen molar-refractivity contribution in [3.63, 3.8) is 0 Å². The second kappa shape index (κ2) is 7.56. The SMILES string of the molecule is NC(=O)CCOc1ccccc1NC(=O)Cn1c(=O)oc2ccccc21. The lowest BCUT2D eigenvalue weighted by Gasteiger charge is -2.12. The molecule has 1 heterocycles. The molecular weight excluding hydrogens is 338 g/mol. The summed E-state index contributed by atoms with van der Waals surface area (Å²) in [4.78, 5) is 35.1. The Hall–Kier alpha value is -3.55. The van der Waals surface area contributed by atoms with Gasteiger partial charge >= 0.3 is 5.76 Å². The summed E-state index contributed by atoms with van der Waals surface area (Å²) in [6.07, 6.45) is 0.0681. The Labute approximate surface area is 148 Å². The highest BCUT2D eigenvalue weighted by molar-refractivity contribution is 5.92. The van der Waals surface area contributed by atoms with Crippen molar-refractivity contribution >= 4 is 28.6 Å². The lowest BCUT2D eigenvalue weighted by atomic mass is 10.3. The first-order valence-electron chi connectivity index (χ1n) is 7.93. The van der Waals surface area contributed by atoms with Crippen molar-refractivity contribution in [2.75, 3.05) is 11.9 Å². The van der Waals surface area contributed by atoms with E-state index < -0.39 is 17.6 Å². The molecule has 26 heavy (non-hydrogen) atoms. The zero-order chi connectivity index (χ0) is 18.5. The van der Waals surface area contributed by atoms with Crippen LogP contribution in [0.25, 0.3) is 11.1 Å². The van der Waals surface area contributed by atoms with Crippen molar-refractivity contribution in [3.05, 3.63) is 59.1 Å². The topological polar surface area (TPSA) is 117 Å². The predicted molar refractivity (Wildman–Crippen MR) is 94.9 cm³/mol. The van der Waals surface area contributed by atoms with E-state index >= 15 is 0 Å². The molecule has 8 heteroatoms. The van der Waals surface area contributed by atoms with E-state index in [0.717, 1.165) is 0 Å². The number of fused-ring (bicyclic) bond motifs is 1. The predicted octanol–water partition coefficient (Wildman–Crippen LogP) is 1.49. The summed E-state index contributed by atoms with van der Waals surface area (Å²) in [5.74, 6) is -1.08. The molecule has 1 aromatic heterocycles. The van der Waals surface area contributed by atoms with Crippen LogP contribution in [0.2, 0.25) is 0 Å². The molecule has 3 aromatic rings. The van der Waals surface area contributed by atoms with Crippen LogP contribution in [0.3, 0.4) is 0 Å². The standard InChI is InChI=1S/C18H17N3O5/c19-16(22)9-10-25-14-7-3-1-5-12(14)20-17(23)11-21-13-6-2-4-8-15(13)26-18(21)24/h1-8H,9-11H2,(H2,19,22)(H,20,23). The highest BCUT2D eigenvalue weighted by Gasteiger charge is 2.14. The maximum absolute atomic E-state index is 12.4. The number of nitrogens with zero attached hydrogens (tertiary/aromatic N) is 1. The maximum Gasteiger partial charge on any atom is 0.420 e. The summed E-state index contributed by atoms with van der Waals surface area (Å²) in [6.45, 7) is -0.0977. The van der Waals surface area contributed by atoms with Crippen LogP contribution in [0.5, 0.6) is 5.75 Å². The Balaban J connectivity index is 1.73. The third kappa shape index (κ3) is 3.92. The zero-order valence-corrected chi connectivity index (χ0v) is 13.8. The number of hydrogen-bond donors (Lipinski definition) is 2. The number of ether oxygens (including phenoxy) is 1. The van der Waals surface area contributed by atoms with E-state index in [0.29, 0.717) is 22.5 Å². The number of hydrogen-bond acceptors (Lipinski definition) is 5. The summed E-state index contributed by atoms with van der Waals surface area (Å²) in [7, 11) is 0. The van der Waals surface area contributed by atoms with E-state index in [1.165, 1.54) is 4.57 Å². The van der Waals surface area contributed by atoms with Gasteiger partial charge in [0.05, 0.1) is 24.2 Å². The lowest BCUT2D eigenvalue weighted by Crippen LogP contribution is -2.25. The number of rotatable bonds is 7. The van der Waals surface area contributed by atoms with E-state index in [9.17, 15) is 14.4 Å². The molecule has 0 bridgehead atoms. The molecule has 0 spiro atoms. The first kappa shape index (κ1) is 17.3. The van der Waals surface area contributed by atoms with Crippen LogP contribution < -0.4 is 21.5 Å². The van der Waals surface area contributed by atoms with Gasteiger partial charge in [-0.1, -0.05) is 24.3 Å². The summed E-state index contributed by atoms with van der Waals surface area (Å²) in [5.41, 5.74) is 6.47. The van der Waals surface area contributed by atoms with E-state index in [1.54, 1.807) is 48.5 Å². The number of carbonyl (C=O) groups excluding carboxylic acids is 2. The zero-order valence-electron chi connectivity index (χ0n) is 13.8. The van der Waals surface area contributed by atoms with Gasteiger partial charge in [-0.15, -0.1) is 0 Å². The van der Waals surface area contributed by atoms with E-state index in [-0.39, 0.29) is 19.6 Å². The van der Waals surface area contributed by atoms with Crippen molar-refractivity contribution in [2.24, 2.45) is 5.73 Å². The number of primary amides is 1. The fourth-order valence-electron chi connectivity index (χ4n) is 2.45. The Morgan fingerprint density at radius 1 is 1.12 bits per heavy atom. The van der Waals surface area contributed by atoms with E-state index in [2.05, 4.69) is 5.32 Å². The van der Waals surface area contributed by atoms with Crippen LogP contribution in [0.4, 0.5) is 5.69 Å². The Kier molecular flexibility index (Phi) is 5.02. The van der Waals surface area contributed by atoms with Crippen LogP contribution in [-0.2, 0) is 16.1 Å². The molecule has 0 saturated heterocycles. The molecule has 0 unspecified atom stereocenters. The van der Waals surface area contributed by atoms with Crippen LogP contribution in [0, 0.1) is 0 Å². The van der Waals surface area contributed by atoms with Crippen molar-refractivity contribution < 1.29 is 18.7 Å². The number of nitrogens with one attached hydrogen (secondary N) is 1. The first-order valence-corrected chi connectivity index (χ1v) is 7.93. The molecule has 0 saturated carbocycles. The molecule has 0 radical (unpaired) electrons. The van der Waals surface area contributed by atoms with Crippen LogP contribution >= 0.6 is 0 Å². The molecule has 3 rings (SSSR count). The molecule has 2 aromatic carbocycles. The van der Waals surface area contributed by atoms with Gasteiger partial charge < -0.3 is 20.2 Å². The van der Waals surface area contributed by atoms with Crippen LogP contribution in [0.1, 0.15) is 6.42 Å². The molecule has 134 valence electrons. The molecule has 0 aliphatic carbocycles. The molecule has 0 aliphatic rings. The Morgan fingerprint density at radius 3 is 2.65 bits per heavy atom. The molecule has 0 fully saturated rings. The molecule has 3 N–H and O–H groups in total. The number of amides is 2. The second-order valence-corrected chi connectivity index (χ2v) is 5.53. The van der Waals surface area contributed by atoms with Gasteiger partial charge in [-0.05, 0) is 24.3 Å². The molecule has 8 nitrogen and oxygen atoms in total. The Bertz CT molecular complexity index is 1010. The average Bonchev–Trinajstić information content (AvgIpc) is 2.92. The van der Waals surface area contributed by atoms with Gasteiger partial charge in [0, 0.05) is 0 Å². The highest BCUT2D eigenvalue weighted by atomic mass is 16.5. The van der Waals surface area contributed by atoms with Crippen molar-refractivity contribution in [2.45, 2.75) is 13.0 Å². The van der Waals surface area contributed by atoms with E-state index in [4.69, 9.17) is 14.9 Å². The minimum absolute atomic E-state index is 0.0681. The fraction of sp³-hybridized carbons (Fsp3) is 0.167. The summed E-state index contributed by atoms with van der Waals surface area (Å²) < 4.78 is 11.8. The van der Waals surface area contributed by atoms with Gasteiger partial charge in [0.15, 0.2) is 5.58 Å². The van der Waals surface area contributed by atoms with Gasteiger partial charge in [-0.2, -0.15) is 0 Å². The summed E-state index contributed by atoms with van der Waals surface area (Å²) >= 11 is 0. The van der Waals surface area contributed by atoms with Gasteiger partial charge in [0.2, 0.25) is 11.8 Å². The molecule has 0 atom stereocenters. The highest BCUT2D eigenvalue weighted by Crippen LogP contribution is 2.24. The fourth-order valence-corrected chi connectivity index (χ4v) is 2.45. The normalized spacial score (nSPS) is 10.6. The second-order valence-electron chi connectivity index (χ2n) is 5.53. The van der Waals surface area contributed by atoms with Crippen LogP contribution in [0.15, 0.2) is 57.7 Å². The van der Waals surface area contributed by atoms with Gasteiger partial charge in [-0.3, -0.25) is 14.2 Å². The monoisotopic (exact) mass is 355 g/mol. The number of anilines is 1. The number of aromatic nitrogens is 1. The number of benzene rings is 2. The van der Waals surface area contributed by atoms with Crippen LogP contribution in [-0.4, -0.2) is 23.0 Å². The largest absolute Gasteiger partial charge is 0.491 e. The van der Waals surface area contributed by atoms with Gasteiger partial charge in [-0.25, -0.2) is 4.79 Å². The quantitative estimate of drug-likeness (QED) is 0.666. The minimum atomic E-state index is -0.604. The summed E-state index contributed by atoms with van der Waals surface area (Å²) in [6, 6.07) is 13.7. The van der Waals surface area contributed by atoms with Gasteiger partial charge in [0.1, 0.15) is 12.3 Å². The molecule has 0 aliphatic heterocycles. The van der Waals surface area contributed by atoms with Crippen molar-refractivity contribution in [1.82, 2.24) is 4.57 Å². The number of para-hydroxylation sites is 4. The minimum Gasteiger partial charge on any atom is -0.491 e. The van der Waals surface area contributed by atoms with Crippen molar-refractivity contribution in [1.29, 1.82) is 0 Å². The van der Waals surface area contributed by atoms with E-state index in [1.807, 2.05) is 0 Å². The molecule has 2 amide bonds. The smallest absolute Gasteiger partial charge is 0.420 e. The molecular formula is C18H17N3O5. The van der Waals surface area contributed by atoms with Gasteiger partial charge in [0.25, 0.3) is 0 Å². The first-order chi connectivity index (χ1) is 12.5. The lowest BCUT2D eigenvalue weighted by molar-refractivity contribution is -0.118.